The van der Waals surface area contributed by atoms with E-state index in [1.165, 1.54) is 11.8 Å². The molecule has 196 valence electrons. The Morgan fingerprint density at radius 1 is 0.872 bits per heavy atom. The number of benzene rings is 3. The summed E-state index contributed by atoms with van der Waals surface area (Å²) in [6, 6.07) is 25.3. The van der Waals surface area contributed by atoms with Crippen molar-refractivity contribution in [3.63, 3.8) is 0 Å². The van der Waals surface area contributed by atoms with Crippen LogP contribution in [0.5, 0.6) is 0 Å². The van der Waals surface area contributed by atoms with Crippen molar-refractivity contribution in [1.82, 2.24) is 10.3 Å². The van der Waals surface area contributed by atoms with E-state index in [4.69, 9.17) is 0 Å². The number of hydrogen-bond donors (Lipinski definition) is 3. The molecule has 7 nitrogen and oxygen atoms in total. The number of aromatic nitrogens is 1. The molecular weight excluding hydrogens is 508 g/mol. The van der Waals surface area contributed by atoms with E-state index < -0.39 is 11.8 Å². The summed E-state index contributed by atoms with van der Waals surface area (Å²) in [4.78, 5) is 43.5. The summed E-state index contributed by atoms with van der Waals surface area (Å²) in [6.07, 6.45) is 4.80. The molecule has 4 aromatic rings. The molecule has 0 bridgehead atoms. The summed E-state index contributed by atoms with van der Waals surface area (Å²) in [5, 5.41) is 8.51. The van der Waals surface area contributed by atoms with E-state index in [1.54, 1.807) is 73.1 Å². The highest BCUT2D eigenvalue weighted by Gasteiger charge is 2.15. The third-order valence-electron chi connectivity index (χ3n) is 5.65. The van der Waals surface area contributed by atoms with Gasteiger partial charge in [0.2, 0.25) is 5.91 Å². The number of anilines is 2. The van der Waals surface area contributed by atoms with Crippen LogP contribution in [0.1, 0.15) is 27.0 Å². The number of amides is 3. The maximum absolute atomic E-state index is 13.2. The van der Waals surface area contributed by atoms with Gasteiger partial charge in [0.05, 0.1) is 5.75 Å². The van der Waals surface area contributed by atoms with Gasteiger partial charge >= 0.3 is 0 Å². The molecule has 0 radical (unpaired) electrons. The molecule has 0 aliphatic heterocycles. The second-order valence-electron chi connectivity index (χ2n) is 8.80. The van der Waals surface area contributed by atoms with Crippen molar-refractivity contribution in [1.29, 1.82) is 0 Å². The molecule has 39 heavy (non-hydrogen) atoms. The van der Waals surface area contributed by atoms with Crippen molar-refractivity contribution in [3.8, 4) is 0 Å². The van der Waals surface area contributed by atoms with Gasteiger partial charge in [-0.15, -0.1) is 11.8 Å². The third kappa shape index (κ3) is 8.15. The second-order valence-corrected chi connectivity index (χ2v) is 9.85. The fraction of sp³-hybridized carbons (Fsp3) is 0.0968. The highest BCUT2D eigenvalue weighted by atomic mass is 32.2. The number of carbonyl (C=O) groups is 3. The van der Waals surface area contributed by atoms with Crippen LogP contribution in [-0.4, -0.2) is 28.5 Å². The number of nitrogens with zero attached hydrogens (tertiary/aromatic N) is 1. The molecule has 0 saturated carbocycles. The summed E-state index contributed by atoms with van der Waals surface area (Å²) < 4.78 is 0. The molecule has 0 aliphatic carbocycles. The lowest BCUT2D eigenvalue weighted by Gasteiger charge is -2.12. The average Bonchev–Trinajstić information content (AvgIpc) is 2.95. The SMILES string of the molecule is Cc1ccc(C)c(NC(=O)CSc2cccc(NC(=O)/C(=C/c3cccnc3)NC(=O)c3ccccc3)c2)c1. The summed E-state index contributed by atoms with van der Waals surface area (Å²) in [5.41, 5.74) is 4.57. The smallest absolute Gasteiger partial charge is 0.272 e. The lowest BCUT2D eigenvalue weighted by atomic mass is 10.1. The molecule has 0 unspecified atom stereocenters. The van der Waals surface area contributed by atoms with E-state index in [0.717, 1.165) is 21.7 Å². The minimum absolute atomic E-state index is 0.0720. The van der Waals surface area contributed by atoms with Crippen LogP contribution in [-0.2, 0) is 9.59 Å². The zero-order valence-electron chi connectivity index (χ0n) is 21.6. The fourth-order valence-electron chi connectivity index (χ4n) is 3.64. The molecule has 3 amide bonds. The normalized spacial score (nSPS) is 11.0. The van der Waals surface area contributed by atoms with Gasteiger partial charge in [-0.3, -0.25) is 19.4 Å². The molecule has 0 fully saturated rings. The van der Waals surface area contributed by atoms with Crippen LogP contribution in [0.25, 0.3) is 6.08 Å². The topological polar surface area (TPSA) is 100 Å². The predicted molar refractivity (Wildman–Crippen MR) is 156 cm³/mol. The molecule has 1 aromatic heterocycles. The third-order valence-corrected chi connectivity index (χ3v) is 6.65. The van der Waals surface area contributed by atoms with Crippen molar-refractivity contribution < 1.29 is 14.4 Å². The first-order valence-electron chi connectivity index (χ1n) is 12.3. The number of thioether (sulfide) groups is 1. The van der Waals surface area contributed by atoms with Crippen LogP contribution in [0, 0.1) is 13.8 Å². The molecule has 0 spiro atoms. The van der Waals surface area contributed by atoms with Crippen molar-refractivity contribution in [2.45, 2.75) is 18.7 Å². The van der Waals surface area contributed by atoms with E-state index in [-0.39, 0.29) is 17.4 Å². The molecular formula is C31H28N4O3S. The number of carbonyl (C=O) groups excluding carboxylic acids is 3. The summed E-state index contributed by atoms with van der Waals surface area (Å²) in [6.45, 7) is 3.93. The summed E-state index contributed by atoms with van der Waals surface area (Å²) >= 11 is 1.36. The van der Waals surface area contributed by atoms with Gasteiger partial charge in [-0.1, -0.05) is 42.5 Å². The average molecular weight is 537 g/mol. The Labute approximate surface area is 231 Å². The van der Waals surface area contributed by atoms with Crippen molar-refractivity contribution in [2.75, 3.05) is 16.4 Å². The first-order valence-corrected chi connectivity index (χ1v) is 13.3. The first kappa shape index (κ1) is 27.3. The number of hydrogen-bond acceptors (Lipinski definition) is 5. The zero-order valence-corrected chi connectivity index (χ0v) is 22.4. The van der Waals surface area contributed by atoms with Crippen LogP contribution in [0.15, 0.2) is 108 Å². The van der Waals surface area contributed by atoms with Gasteiger partial charge in [0.15, 0.2) is 0 Å². The van der Waals surface area contributed by atoms with Gasteiger partial charge in [-0.2, -0.15) is 0 Å². The Morgan fingerprint density at radius 3 is 2.46 bits per heavy atom. The van der Waals surface area contributed by atoms with Crippen molar-refractivity contribution in [2.24, 2.45) is 0 Å². The number of aryl methyl sites for hydroxylation is 2. The highest BCUT2D eigenvalue weighted by molar-refractivity contribution is 8.00. The van der Waals surface area contributed by atoms with Crippen LogP contribution < -0.4 is 16.0 Å². The standard InChI is InChI=1S/C31H28N4O3S/c1-21-13-14-22(2)27(16-21)34-29(36)20-39-26-12-6-11-25(18-26)33-31(38)28(17-23-8-7-15-32-19-23)35-30(37)24-9-4-3-5-10-24/h3-19H,20H2,1-2H3,(H,33,38)(H,34,36)(H,35,37)/b28-17-. The predicted octanol–water partition coefficient (Wildman–Crippen LogP) is 5.84. The van der Waals surface area contributed by atoms with E-state index in [0.29, 0.717) is 16.8 Å². The maximum Gasteiger partial charge on any atom is 0.272 e. The molecule has 0 aliphatic rings. The Hall–Kier alpha value is -4.69. The van der Waals surface area contributed by atoms with E-state index in [1.807, 2.05) is 44.2 Å². The summed E-state index contributed by atoms with van der Waals surface area (Å²) in [5.74, 6) is -0.796. The van der Waals surface area contributed by atoms with Gasteiger partial charge in [0, 0.05) is 34.2 Å². The van der Waals surface area contributed by atoms with E-state index >= 15 is 0 Å². The van der Waals surface area contributed by atoms with Gasteiger partial charge in [0.1, 0.15) is 5.70 Å². The van der Waals surface area contributed by atoms with Gasteiger partial charge in [-0.25, -0.2) is 0 Å². The Morgan fingerprint density at radius 2 is 1.69 bits per heavy atom. The Kier molecular flexibility index (Phi) is 9.26. The van der Waals surface area contributed by atoms with Gasteiger partial charge in [0.25, 0.3) is 11.8 Å². The Balaban J connectivity index is 1.43. The zero-order chi connectivity index (χ0) is 27.6. The fourth-order valence-corrected chi connectivity index (χ4v) is 4.39. The maximum atomic E-state index is 13.2. The molecule has 3 aromatic carbocycles. The number of pyridine rings is 1. The number of rotatable bonds is 9. The molecule has 3 N–H and O–H groups in total. The van der Waals surface area contributed by atoms with E-state index in [9.17, 15) is 14.4 Å². The van der Waals surface area contributed by atoms with Crippen LogP contribution in [0.4, 0.5) is 11.4 Å². The van der Waals surface area contributed by atoms with E-state index in [2.05, 4.69) is 20.9 Å². The monoisotopic (exact) mass is 536 g/mol. The van der Waals surface area contributed by atoms with Crippen molar-refractivity contribution in [3.05, 3.63) is 125 Å². The molecule has 0 atom stereocenters. The quantitative estimate of drug-likeness (QED) is 0.184. The van der Waals surface area contributed by atoms with Gasteiger partial charge in [-0.05, 0) is 79.1 Å². The lowest BCUT2D eigenvalue weighted by molar-refractivity contribution is -0.114. The van der Waals surface area contributed by atoms with Crippen LogP contribution in [0.3, 0.4) is 0 Å². The lowest BCUT2D eigenvalue weighted by Crippen LogP contribution is -2.30. The first-order chi connectivity index (χ1) is 18.9. The van der Waals surface area contributed by atoms with Gasteiger partial charge < -0.3 is 16.0 Å². The summed E-state index contributed by atoms with van der Waals surface area (Å²) in [7, 11) is 0. The highest BCUT2D eigenvalue weighted by Crippen LogP contribution is 2.23. The number of nitrogens with one attached hydrogen (secondary N) is 3. The minimum Gasteiger partial charge on any atom is -0.325 e. The second kappa shape index (κ2) is 13.2. The van der Waals surface area contributed by atoms with Crippen LogP contribution in [0.2, 0.25) is 0 Å². The largest absolute Gasteiger partial charge is 0.325 e. The molecule has 0 saturated heterocycles. The van der Waals surface area contributed by atoms with Crippen molar-refractivity contribution >= 4 is 46.9 Å². The van der Waals surface area contributed by atoms with Crippen LogP contribution >= 0.6 is 11.8 Å². The minimum atomic E-state index is -0.488. The molecule has 4 rings (SSSR count). The Bertz CT molecular complexity index is 1510. The molecule has 1 heterocycles. The molecule has 8 heteroatoms.